The fourth-order valence-corrected chi connectivity index (χ4v) is 2.87. The molecule has 5 nitrogen and oxygen atoms in total. The molecule has 0 aliphatic heterocycles. The quantitative estimate of drug-likeness (QED) is 0.594. The first-order valence-corrected chi connectivity index (χ1v) is 8.75. The molecule has 3 rings (SSSR count). The van der Waals surface area contributed by atoms with Crippen LogP contribution in [0.4, 0.5) is 11.4 Å². The van der Waals surface area contributed by atoms with Crippen molar-refractivity contribution in [2.24, 2.45) is 4.99 Å². The van der Waals surface area contributed by atoms with E-state index in [1.165, 1.54) is 12.1 Å². The number of nitrogens with one attached hydrogen (secondary N) is 1. The van der Waals surface area contributed by atoms with Gasteiger partial charge in [0.05, 0.1) is 15.7 Å². The summed E-state index contributed by atoms with van der Waals surface area (Å²) in [5.41, 5.74) is 2.70. The number of anilines is 1. The van der Waals surface area contributed by atoms with E-state index in [1.54, 1.807) is 24.5 Å². The summed E-state index contributed by atoms with van der Waals surface area (Å²) in [6.45, 7) is 1.90. The van der Waals surface area contributed by atoms with Gasteiger partial charge < -0.3 is 10.4 Å². The van der Waals surface area contributed by atoms with Gasteiger partial charge in [0.25, 0.3) is 5.91 Å². The molecule has 7 heteroatoms. The van der Waals surface area contributed by atoms with Gasteiger partial charge in [0.2, 0.25) is 0 Å². The maximum Gasteiger partial charge on any atom is 0.274 e. The SMILES string of the molecule is Cc1ccccc1NC(=O)C(=Nc1cc(Cl)c(O)c(Cl)c1)c1ccncc1. The second-order valence-corrected chi connectivity index (χ2v) is 6.54. The summed E-state index contributed by atoms with van der Waals surface area (Å²) in [5.74, 6) is -0.622. The number of benzene rings is 2. The zero-order valence-corrected chi connectivity index (χ0v) is 15.8. The third-order valence-electron chi connectivity index (χ3n) is 3.80. The van der Waals surface area contributed by atoms with Crippen molar-refractivity contribution in [2.75, 3.05) is 5.32 Å². The van der Waals surface area contributed by atoms with Crippen molar-refractivity contribution in [1.82, 2.24) is 4.98 Å². The number of hydrogen-bond donors (Lipinski definition) is 2. The van der Waals surface area contributed by atoms with Gasteiger partial charge in [-0.05, 0) is 42.8 Å². The summed E-state index contributed by atoms with van der Waals surface area (Å²) in [7, 11) is 0. The Morgan fingerprint density at radius 3 is 2.33 bits per heavy atom. The smallest absolute Gasteiger partial charge is 0.274 e. The lowest BCUT2D eigenvalue weighted by Gasteiger charge is -2.11. The fourth-order valence-electron chi connectivity index (χ4n) is 2.40. The molecule has 0 bridgehead atoms. The molecule has 0 aliphatic rings. The Bertz CT molecular complexity index is 998. The van der Waals surface area contributed by atoms with Crippen molar-refractivity contribution < 1.29 is 9.90 Å². The molecular weight excluding hydrogens is 385 g/mol. The summed E-state index contributed by atoms with van der Waals surface area (Å²) in [6.07, 6.45) is 3.14. The second-order valence-electron chi connectivity index (χ2n) is 5.72. The second kappa shape index (κ2) is 8.20. The topological polar surface area (TPSA) is 74.6 Å². The van der Waals surface area contributed by atoms with Gasteiger partial charge in [0, 0.05) is 23.6 Å². The van der Waals surface area contributed by atoms with Gasteiger partial charge >= 0.3 is 0 Å². The molecule has 1 aromatic heterocycles. The summed E-state index contributed by atoms with van der Waals surface area (Å²) in [4.78, 5) is 21.3. The van der Waals surface area contributed by atoms with E-state index in [0.29, 0.717) is 16.9 Å². The number of rotatable bonds is 4. The van der Waals surface area contributed by atoms with Crippen molar-refractivity contribution in [3.8, 4) is 5.75 Å². The molecule has 27 heavy (non-hydrogen) atoms. The monoisotopic (exact) mass is 399 g/mol. The van der Waals surface area contributed by atoms with Crippen LogP contribution >= 0.6 is 23.2 Å². The number of aromatic nitrogens is 1. The first kappa shape index (κ1) is 18.9. The number of aromatic hydroxyl groups is 1. The Morgan fingerprint density at radius 2 is 1.70 bits per heavy atom. The Balaban J connectivity index is 2.04. The number of nitrogens with zero attached hydrogens (tertiary/aromatic N) is 2. The molecule has 0 aliphatic carbocycles. The number of hydrogen-bond acceptors (Lipinski definition) is 4. The first-order chi connectivity index (χ1) is 13.0. The van der Waals surface area contributed by atoms with Gasteiger partial charge in [-0.2, -0.15) is 0 Å². The summed E-state index contributed by atoms with van der Waals surface area (Å²) in [5, 5.41) is 12.7. The molecule has 2 N–H and O–H groups in total. The lowest BCUT2D eigenvalue weighted by atomic mass is 10.1. The predicted molar refractivity (Wildman–Crippen MR) is 108 cm³/mol. The minimum Gasteiger partial charge on any atom is -0.505 e. The lowest BCUT2D eigenvalue weighted by Crippen LogP contribution is -2.24. The number of amides is 1. The normalized spacial score (nSPS) is 11.3. The van der Waals surface area contributed by atoms with Crippen LogP contribution in [0.2, 0.25) is 10.0 Å². The number of halogens is 2. The molecule has 136 valence electrons. The highest BCUT2D eigenvalue weighted by Gasteiger charge is 2.16. The van der Waals surface area contributed by atoms with Gasteiger partial charge in [0.1, 0.15) is 5.71 Å². The molecular formula is C20H15Cl2N3O2. The molecule has 0 saturated carbocycles. The van der Waals surface area contributed by atoms with E-state index in [1.807, 2.05) is 31.2 Å². The molecule has 2 aromatic carbocycles. The lowest BCUT2D eigenvalue weighted by molar-refractivity contribution is -0.110. The number of phenols is 1. The van der Waals surface area contributed by atoms with E-state index in [2.05, 4.69) is 15.3 Å². The molecule has 0 saturated heterocycles. The Morgan fingerprint density at radius 1 is 1.07 bits per heavy atom. The highest BCUT2D eigenvalue weighted by atomic mass is 35.5. The number of carbonyl (C=O) groups is 1. The molecule has 0 fully saturated rings. The maximum absolute atomic E-state index is 12.9. The molecule has 0 radical (unpaired) electrons. The van der Waals surface area contributed by atoms with E-state index in [9.17, 15) is 9.90 Å². The Hall–Kier alpha value is -2.89. The number of carbonyl (C=O) groups excluding carboxylic acids is 1. The van der Waals surface area contributed by atoms with E-state index in [4.69, 9.17) is 23.2 Å². The minimum absolute atomic E-state index is 0.0506. The van der Waals surface area contributed by atoms with Crippen molar-refractivity contribution >= 4 is 46.2 Å². The van der Waals surface area contributed by atoms with Gasteiger partial charge in [0.15, 0.2) is 5.75 Å². The first-order valence-electron chi connectivity index (χ1n) is 8.00. The van der Waals surface area contributed by atoms with Crippen LogP contribution in [0, 0.1) is 6.92 Å². The molecule has 3 aromatic rings. The zero-order chi connectivity index (χ0) is 19.4. The van der Waals surface area contributed by atoms with Crippen molar-refractivity contribution in [2.45, 2.75) is 6.92 Å². The van der Waals surface area contributed by atoms with Crippen LogP contribution in [0.15, 0.2) is 65.9 Å². The van der Waals surface area contributed by atoms with Gasteiger partial charge in [-0.3, -0.25) is 9.78 Å². The zero-order valence-electron chi connectivity index (χ0n) is 14.3. The van der Waals surface area contributed by atoms with Crippen molar-refractivity contribution in [3.05, 3.63) is 82.1 Å². The predicted octanol–water partition coefficient (Wildman–Crippen LogP) is 5.16. The van der Waals surface area contributed by atoms with E-state index in [0.717, 1.165) is 5.56 Å². The number of aliphatic imine (C=N–C) groups is 1. The number of para-hydroxylation sites is 1. The Labute approximate surface area is 166 Å². The summed E-state index contributed by atoms with van der Waals surface area (Å²) in [6, 6.07) is 13.7. The summed E-state index contributed by atoms with van der Waals surface area (Å²) < 4.78 is 0. The van der Waals surface area contributed by atoms with Crippen LogP contribution < -0.4 is 5.32 Å². The van der Waals surface area contributed by atoms with Crippen molar-refractivity contribution in [3.63, 3.8) is 0 Å². The number of pyridine rings is 1. The summed E-state index contributed by atoms with van der Waals surface area (Å²) >= 11 is 11.9. The van der Waals surface area contributed by atoms with E-state index >= 15 is 0 Å². The van der Waals surface area contributed by atoms with Gasteiger partial charge in [-0.15, -0.1) is 0 Å². The van der Waals surface area contributed by atoms with Crippen LogP contribution in [0.1, 0.15) is 11.1 Å². The molecule has 0 unspecified atom stereocenters. The fraction of sp³-hybridized carbons (Fsp3) is 0.0500. The molecule has 1 amide bonds. The third-order valence-corrected chi connectivity index (χ3v) is 4.38. The number of aryl methyl sites for hydroxylation is 1. The van der Waals surface area contributed by atoms with Crippen LogP contribution in [-0.2, 0) is 4.79 Å². The van der Waals surface area contributed by atoms with Crippen LogP contribution in [0.25, 0.3) is 0 Å². The highest BCUT2D eigenvalue weighted by Crippen LogP contribution is 2.36. The third kappa shape index (κ3) is 4.45. The molecule has 0 atom stereocenters. The Kier molecular flexibility index (Phi) is 5.74. The van der Waals surface area contributed by atoms with Crippen LogP contribution in [0.3, 0.4) is 0 Å². The highest BCUT2D eigenvalue weighted by molar-refractivity contribution is 6.49. The van der Waals surface area contributed by atoms with Gasteiger partial charge in [-0.25, -0.2) is 4.99 Å². The van der Waals surface area contributed by atoms with Crippen molar-refractivity contribution in [1.29, 1.82) is 0 Å². The van der Waals surface area contributed by atoms with Crippen LogP contribution in [0.5, 0.6) is 5.75 Å². The van der Waals surface area contributed by atoms with Crippen LogP contribution in [-0.4, -0.2) is 21.7 Å². The van der Waals surface area contributed by atoms with E-state index in [-0.39, 0.29) is 21.5 Å². The molecule has 0 spiro atoms. The number of phenolic OH excluding ortho intramolecular Hbond substituents is 1. The minimum atomic E-state index is -0.393. The largest absolute Gasteiger partial charge is 0.505 e. The average Bonchev–Trinajstić information content (AvgIpc) is 2.66. The standard InChI is InChI=1S/C20H15Cl2N3O2/c1-12-4-2-3-5-17(12)25-20(27)18(13-6-8-23-9-7-13)24-14-10-15(21)19(26)16(22)11-14/h2-11,26H,1H3,(H,25,27). The van der Waals surface area contributed by atoms with Gasteiger partial charge in [-0.1, -0.05) is 41.4 Å². The van der Waals surface area contributed by atoms with E-state index < -0.39 is 5.91 Å². The maximum atomic E-state index is 12.9. The molecule has 1 heterocycles. The average molecular weight is 400 g/mol.